The van der Waals surface area contributed by atoms with Gasteiger partial charge in [-0.15, -0.1) is 11.8 Å². The van der Waals surface area contributed by atoms with Crippen molar-refractivity contribution in [1.82, 2.24) is 15.2 Å². The Morgan fingerprint density at radius 2 is 1.56 bits per heavy atom. The first-order valence-electron chi connectivity index (χ1n) is 10.5. The van der Waals surface area contributed by atoms with Gasteiger partial charge in [0.15, 0.2) is 5.75 Å². The molecule has 188 valence electrons. The number of nitrogens with one attached hydrogen (secondary N) is 2. The van der Waals surface area contributed by atoms with E-state index < -0.39 is 52.6 Å². The Morgan fingerprint density at radius 1 is 0.944 bits per heavy atom. The Morgan fingerprint density at radius 3 is 2.19 bits per heavy atom. The molecule has 0 radical (unpaired) electrons. The molecule has 0 bridgehead atoms. The number of pyridine rings is 1. The van der Waals surface area contributed by atoms with Crippen LogP contribution in [0.3, 0.4) is 0 Å². The number of rotatable bonds is 9. The van der Waals surface area contributed by atoms with E-state index in [4.69, 9.17) is 16.7 Å². The van der Waals surface area contributed by atoms with Gasteiger partial charge in [0.25, 0.3) is 17.4 Å². The fourth-order valence-electron chi connectivity index (χ4n) is 3.41. The van der Waals surface area contributed by atoms with Crippen molar-refractivity contribution in [2.75, 3.05) is 12.8 Å². The minimum Gasteiger partial charge on any atom is -0.506 e. The van der Waals surface area contributed by atoms with Gasteiger partial charge in [-0.3, -0.25) is 23.7 Å². The van der Waals surface area contributed by atoms with Crippen molar-refractivity contribution in [3.05, 3.63) is 86.2 Å². The summed E-state index contributed by atoms with van der Waals surface area (Å²) in [6, 6.07) is 13.7. The number of thioether (sulfide) groups is 1. The second kappa shape index (κ2) is 11.6. The number of carboxylic acid groups (broad SMARTS) is 1. The van der Waals surface area contributed by atoms with Crippen molar-refractivity contribution in [3.8, 4) is 11.6 Å². The standard InChI is InChI=1S/C24H22ClN3O7S/c1-36-16-9-5-3-6-13(16)10-26-21(32)18-20(31)19(22(33)27-11-17(29)30)24(35)28(23(18)34)12-14-7-2-4-8-15(14)25/h2-9,31,34H,10-12H2,1H3,(H,26,32)(H,27,33)(H,29,30). The second-order valence-electron chi connectivity index (χ2n) is 7.48. The van der Waals surface area contributed by atoms with Crippen molar-refractivity contribution in [3.63, 3.8) is 0 Å². The molecule has 0 spiro atoms. The van der Waals surface area contributed by atoms with Gasteiger partial charge >= 0.3 is 5.97 Å². The third-order valence-corrected chi connectivity index (χ3v) is 6.39. The number of hydrogen-bond acceptors (Lipinski definition) is 7. The molecule has 0 aliphatic heterocycles. The molecule has 0 fully saturated rings. The number of aromatic nitrogens is 1. The van der Waals surface area contributed by atoms with Gasteiger partial charge in [0.1, 0.15) is 17.7 Å². The Balaban J connectivity index is 2.09. The van der Waals surface area contributed by atoms with Crippen molar-refractivity contribution in [2.24, 2.45) is 0 Å². The van der Waals surface area contributed by atoms with E-state index in [9.17, 15) is 29.4 Å². The van der Waals surface area contributed by atoms with Gasteiger partial charge < -0.3 is 26.0 Å². The van der Waals surface area contributed by atoms with Crippen LogP contribution in [-0.4, -0.2) is 50.5 Å². The molecule has 0 aliphatic carbocycles. The summed E-state index contributed by atoms with van der Waals surface area (Å²) in [6.07, 6.45) is 1.87. The number of hydrogen-bond donors (Lipinski definition) is 5. The van der Waals surface area contributed by atoms with E-state index >= 15 is 0 Å². The first-order chi connectivity index (χ1) is 17.1. The maximum Gasteiger partial charge on any atom is 0.322 e. The molecule has 0 saturated carbocycles. The zero-order valence-corrected chi connectivity index (χ0v) is 20.5. The molecule has 2 amide bonds. The largest absolute Gasteiger partial charge is 0.506 e. The summed E-state index contributed by atoms with van der Waals surface area (Å²) in [5, 5.41) is 35.3. The van der Waals surface area contributed by atoms with Crippen LogP contribution in [0.5, 0.6) is 11.6 Å². The average Bonchev–Trinajstić information content (AvgIpc) is 2.85. The quantitative estimate of drug-likeness (QED) is 0.263. The number of carbonyl (C=O) groups excluding carboxylic acids is 2. The Labute approximate surface area is 214 Å². The number of nitrogens with zero attached hydrogens (tertiary/aromatic N) is 1. The van der Waals surface area contributed by atoms with Crippen LogP contribution in [0.2, 0.25) is 5.02 Å². The summed E-state index contributed by atoms with van der Waals surface area (Å²) in [4.78, 5) is 50.6. The molecule has 3 rings (SSSR count). The van der Waals surface area contributed by atoms with Gasteiger partial charge in [-0.25, -0.2) is 0 Å². The highest BCUT2D eigenvalue weighted by Gasteiger charge is 2.30. The highest BCUT2D eigenvalue weighted by Crippen LogP contribution is 2.30. The Hall–Kier alpha value is -3.96. The van der Waals surface area contributed by atoms with E-state index in [1.165, 1.54) is 11.8 Å². The summed E-state index contributed by atoms with van der Waals surface area (Å²) < 4.78 is 0.710. The van der Waals surface area contributed by atoms with Crippen LogP contribution in [-0.2, 0) is 17.9 Å². The van der Waals surface area contributed by atoms with Gasteiger partial charge in [0, 0.05) is 16.5 Å². The maximum absolute atomic E-state index is 13.1. The normalized spacial score (nSPS) is 10.6. The molecule has 12 heteroatoms. The topological polar surface area (TPSA) is 158 Å². The van der Waals surface area contributed by atoms with Crippen LogP contribution >= 0.6 is 23.4 Å². The number of benzene rings is 2. The second-order valence-corrected chi connectivity index (χ2v) is 8.73. The predicted molar refractivity (Wildman–Crippen MR) is 134 cm³/mol. The van der Waals surface area contributed by atoms with Crippen molar-refractivity contribution in [1.29, 1.82) is 0 Å². The highest BCUT2D eigenvalue weighted by atomic mass is 35.5. The number of carbonyl (C=O) groups is 3. The van der Waals surface area contributed by atoms with Crippen LogP contribution in [0.15, 0.2) is 58.2 Å². The van der Waals surface area contributed by atoms with Gasteiger partial charge in [0.2, 0.25) is 5.88 Å². The van der Waals surface area contributed by atoms with Crippen molar-refractivity contribution < 1.29 is 29.7 Å². The Kier molecular flexibility index (Phi) is 8.62. The minimum atomic E-state index is -1.39. The van der Waals surface area contributed by atoms with Gasteiger partial charge in [-0.05, 0) is 29.5 Å². The van der Waals surface area contributed by atoms with Crippen LogP contribution in [0.4, 0.5) is 0 Å². The summed E-state index contributed by atoms with van der Waals surface area (Å²) in [5.74, 6) is -5.53. The third kappa shape index (κ3) is 5.81. The van der Waals surface area contributed by atoms with Crippen LogP contribution < -0.4 is 16.2 Å². The number of aromatic hydroxyl groups is 2. The fraction of sp³-hybridized carbons (Fsp3) is 0.167. The minimum absolute atomic E-state index is 0.0267. The van der Waals surface area contributed by atoms with E-state index in [0.717, 1.165) is 10.5 Å². The SMILES string of the molecule is CSc1ccccc1CNC(=O)c1c(O)c(C(=O)NCC(=O)O)c(=O)n(Cc2ccccc2Cl)c1O. The molecule has 0 atom stereocenters. The first-order valence-corrected chi connectivity index (χ1v) is 12.1. The summed E-state index contributed by atoms with van der Waals surface area (Å²) in [7, 11) is 0. The van der Waals surface area contributed by atoms with Gasteiger partial charge in [-0.2, -0.15) is 0 Å². The molecule has 2 aromatic carbocycles. The summed E-state index contributed by atoms with van der Waals surface area (Å²) in [6.45, 7) is -1.14. The van der Waals surface area contributed by atoms with Crippen molar-refractivity contribution in [2.45, 2.75) is 18.0 Å². The highest BCUT2D eigenvalue weighted by molar-refractivity contribution is 7.98. The van der Waals surface area contributed by atoms with E-state index in [0.29, 0.717) is 10.1 Å². The molecule has 1 heterocycles. The van der Waals surface area contributed by atoms with Crippen molar-refractivity contribution >= 4 is 41.1 Å². The molecule has 0 unspecified atom stereocenters. The lowest BCUT2D eigenvalue weighted by Crippen LogP contribution is -2.37. The smallest absolute Gasteiger partial charge is 0.322 e. The van der Waals surface area contributed by atoms with Crippen LogP contribution in [0, 0.1) is 0 Å². The van der Waals surface area contributed by atoms with E-state index in [1.54, 1.807) is 36.4 Å². The lowest BCUT2D eigenvalue weighted by molar-refractivity contribution is -0.135. The molecule has 0 aliphatic rings. The first kappa shape index (κ1) is 26.6. The van der Waals surface area contributed by atoms with E-state index in [-0.39, 0.29) is 18.1 Å². The Bertz CT molecular complexity index is 1390. The zero-order chi connectivity index (χ0) is 26.4. The molecular formula is C24H22ClN3O7S. The molecule has 3 aromatic rings. The monoisotopic (exact) mass is 531 g/mol. The molecule has 10 nitrogen and oxygen atoms in total. The third-order valence-electron chi connectivity index (χ3n) is 5.18. The fourth-order valence-corrected chi connectivity index (χ4v) is 4.23. The van der Waals surface area contributed by atoms with Crippen LogP contribution in [0.1, 0.15) is 31.8 Å². The van der Waals surface area contributed by atoms with Crippen LogP contribution in [0.25, 0.3) is 0 Å². The zero-order valence-electron chi connectivity index (χ0n) is 18.9. The lowest BCUT2D eigenvalue weighted by Gasteiger charge is -2.17. The number of carboxylic acids is 1. The number of halogens is 1. The molecule has 0 saturated heterocycles. The number of amides is 2. The lowest BCUT2D eigenvalue weighted by atomic mass is 10.1. The average molecular weight is 532 g/mol. The van der Waals surface area contributed by atoms with Gasteiger partial charge in [-0.1, -0.05) is 48.0 Å². The molecule has 1 aromatic heterocycles. The van der Waals surface area contributed by atoms with Gasteiger partial charge in [0.05, 0.1) is 6.54 Å². The van der Waals surface area contributed by atoms with E-state index in [1.807, 2.05) is 23.7 Å². The van der Waals surface area contributed by atoms with E-state index in [2.05, 4.69) is 5.32 Å². The predicted octanol–water partition coefficient (Wildman–Crippen LogP) is 2.43. The molecule has 36 heavy (non-hydrogen) atoms. The molecular weight excluding hydrogens is 510 g/mol. The maximum atomic E-state index is 13.1. The molecule has 5 N–H and O–H groups in total. The number of aliphatic carboxylic acids is 1. The summed E-state index contributed by atoms with van der Waals surface area (Å²) >= 11 is 7.63. The summed E-state index contributed by atoms with van der Waals surface area (Å²) in [5.41, 5.74) is -1.60.